The first kappa shape index (κ1) is 13.3. The number of pyridine rings is 1. The average molecular weight is 248 g/mol. The minimum Gasteiger partial charge on any atom is -0.312 e. The molecule has 0 unspecified atom stereocenters. The molecular formula is C15H24N2O. The summed E-state index contributed by atoms with van der Waals surface area (Å²) >= 11 is 0. The summed E-state index contributed by atoms with van der Waals surface area (Å²) in [4.78, 5) is 14.8. The molecular weight excluding hydrogens is 224 g/mol. The third-order valence-corrected chi connectivity index (χ3v) is 3.76. The summed E-state index contributed by atoms with van der Waals surface area (Å²) in [6.45, 7) is 6.50. The average Bonchev–Trinajstić information content (AvgIpc) is 2.33. The maximum Gasteiger partial charge on any atom is 0.253 e. The van der Waals surface area contributed by atoms with Crippen molar-refractivity contribution >= 4 is 0 Å². The SMILES string of the molecule is CC(C)Cc1cccn(C2CCN(C)CC2)c1=O. The molecule has 2 heterocycles. The minimum absolute atomic E-state index is 0.223. The van der Waals surface area contributed by atoms with Crippen LogP contribution in [0.4, 0.5) is 0 Å². The van der Waals surface area contributed by atoms with Gasteiger partial charge in [0.15, 0.2) is 0 Å². The molecule has 0 aliphatic carbocycles. The zero-order valence-corrected chi connectivity index (χ0v) is 11.7. The largest absolute Gasteiger partial charge is 0.312 e. The maximum absolute atomic E-state index is 12.4. The van der Waals surface area contributed by atoms with E-state index >= 15 is 0 Å². The fourth-order valence-electron chi connectivity index (χ4n) is 2.71. The van der Waals surface area contributed by atoms with E-state index in [1.165, 1.54) is 0 Å². The monoisotopic (exact) mass is 248 g/mol. The van der Waals surface area contributed by atoms with E-state index in [-0.39, 0.29) is 5.56 Å². The summed E-state index contributed by atoms with van der Waals surface area (Å²) in [6.07, 6.45) is 5.01. The Labute approximate surface area is 109 Å². The highest BCUT2D eigenvalue weighted by Crippen LogP contribution is 2.20. The van der Waals surface area contributed by atoms with Gasteiger partial charge >= 0.3 is 0 Å². The molecule has 1 saturated heterocycles. The van der Waals surface area contributed by atoms with E-state index in [0.717, 1.165) is 37.9 Å². The lowest BCUT2D eigenvalue weighted by Gasteiger charge is -2.30. The first-order valence-electron chi connectivity index (χ1n) is 6.96. The molecule has 18 heavy (non-hydrogen) atoms. The van der Waals surface area contributed by atoms with E-state index in [0.29, 0.717) is 12.0 Å². The Kier molecular flexibility index (Phi) is 4.23. The normalized spacial score (nSPS) is 18.4. The van der Waals surface area contributed by atoms with Crippen LogP contribution in [0.25, 0.3) is 0 Å². The molecule has 0 spiro atoms. The van der Waals surface area contributed by atoms with Gasteiger partial charge in [0, 0.05) is 17.8 Å². The van der Waals surface area contributed by atoms with Crippen molar-refractivity contribution in [1.82, 2.24) is 9.47 Å². The molecule has 0 N–H and O–H groups in total. The van der Waals surface area contributed by atoms with Gasteiger partial charge in [0.25, 0.3) is 5.56 Å². The zero-order chi connectivity index (χ0) is 13.1. The third-order valence-electron chi connectivity index (χ3n) is 3.76. The summed E-state index contributed by atoms with van der Waals surface area (Å²) in [5.74, 6) is 0.533. The van der Waals surface area contributed by atoms with Crippen LogP contribution < -0.4 is 5.56 Å². The van der Waals surface area contributed by atoms with Gasteiger partial charge in [-0.3, -0.25) is 4.79 Å². The Bertz CT molecular complexity index is 442. The molecule has 3 heteroatoms. The third kappa shape index (κ3) is 3.02. The fourth-order valence-corrected chi connectivity index (χ4v) is 2.71. The summed E-state index contributed by atoms with van der Waals surface area (Å²) in [7, 11) is 2.15. The highest BCUT2D eigenvalue weighted by atomic mass is 16.1. The molecule has 0 amide bonds. The second-order valence-electron chi connectivity index (χ2n) is 5.88. The second-order valence-corrected chi connectivity index (χ2v) is 5.88. The van der Waals surface area contributed by atoms with Crippen molar-refractivity contribution in [2.24, 2.45) is 5.92 Å². The van der Waals surface area contributed by atoms with Crippen LogP contribution >= 0.6 is 0 Å². The van der Waals surface area contributed by atoms with Crippen LogP contribution in [-0.2, 0) is 6.42 Å². The molecule has 1 aliphatic heterocycles. The minimum atomic E-state index is 0.223. The van der Waals surface area contributed by atoms with Gasteiger partial charge in [0.1, 0.15) is 0 Å². The van der Waals surface area contributed by atoms with Crippen molar-refractivity contribution in [2.75, 3.05) is 20.1 Å². The van der Waals surface area contributed by atoms with Crippen LogP contribution in [0.3, 0.4) is 0 Å². The maximum atomic E-state index is 12.4. The van der Waals surface area contributed by atoms with Crippen LogP contribution in [0.2, 0.25) is 0 Å². The van der Waals surface area contributed by atoms with Crippen molar-refractivity contribution in [3.8, 4) is 0 Å². The Hall–Kier alpha value is -1.09. The van der Waals surface area contributed by atoms with Crippen molar-refractivity contribution in [1.29, 1.82) is 0 Å². The number of rotatable bonds is 3. The van der Waals surface area contributed by atoms with Gasteiger partial charge in [0.2, 0.25) is 0 Å². The van der Waals surface area contributed by atoms with Crippen LogP contribution in [0.5, 0.6) is 0 Å². The van der Waals surface area contributed by atoms with Crippen LogP contribution in [0.1, 0.15) is 38.3 Å². The lowest BCUT2D eigenvalue weighted by Crippen LogP contribution is -2.36. The topological polar surface area (TPSA) is 25.2 Å². The van der Waals surface area contributed by atoms with Gasteiger partial charge in [-0.2, -0.15) is 0 Å². The number of aromatic nitrogens is 1. The molecule has 0 aromatic carbocycles. The van der Waals surface area contributed by atoms with Crippen LogP contribution in [0, 0.1) is 5.92 Å². The summed E-state index contributed by atoms with van der Waals surface area (Å²) in [5, 5.41) is 0. The Morgan fingerprint density at radius 3 is 2.61 bits per heavy atom. The molecule has 0 radical (unpaired) electrons. The lowest BCUT2D eigenvalue weighted by molar-refractivity contribution is 0.218. The smallest absolute Gasteiger partial charge is 0.253 e. The predicted molar refractivity (Wildman–Crippen MR) is 75.0 cm³/mol. The summed E-state index contributed by atoms with van der Waals surface area (Å²) < 4.78 is 1.96. The summed E-state index contributed by atoms with van der Waals surface area (Å²) in [6, 6.07) is 4.39. The van der Waals surface area contributed by atoms with E-state index in [4.69, 9.17) is 0 Å². The van der Waals surface area contributed by atoms with E-state index in [2.05, 4.69) is 25.8 Å². The van der Waals surface area contributed by atoms with Crippen molar-refractivity contribution in [2.45, 2.75) is 39.2 Å². The van der Waals surface area contributed by atoms with Crippen LogP contribution in [0.15, 0.2) is 23.1 Å². The summed E-state index contributed by atoms with van der Waals surface area (Å²) in [5.41, 5.74) is 1.19. The first-order valence-corrected chi connectivity index (χ1v) is 6.96. The highest BCUT2D eigenvalue weighted by Gasteiger charge is 2.19. The standard InChI is InChI=1S/C15H24N2O/c1-12(2)11-13-5-4-8-17(15(13)18)14-6-9-16(3)10-7-14/h4-5,8,12,14H,6-7,9-11H2,1-3H3. The molecule has 3 nitrogen and oxygen atoms in total. The molecule has 1 fully saturated rings. The number of hydrogen-bond acceptors (Lipinski definition) is 2. The molecule has 2 rings (SSSR count). The Balaban J connectivity index is 2.20. The van der Waals surface area contributed by atoms with E-state index < -0.39 is 0 Å². The fraction of sp³-hybridized carbons (Fsp3) is 0.667. The molecule has 1 aromatic heterocycles. The quantitative estimate of drug-likeness (QED) is 0.820. The van der Waals surface area contributed by atoms with Gasteiger partial charge in [0.05, 0.1) is 0 Å². The molecule has 1 aromatic rings. The van der Waals surface area contributed by atoms with Gasteiger partial charge < -0.3 is 9.47 Å². The highest BCUT2D eigenvalue weighted by molar-refractivity contribution is 5.12. The van der Waals surface area contributed by atoms with E-state index in [9.17, 15) is 4.79 Å². The Morgan fingerprint density at radius 2 is 2.00 bits per heavy atom. The first-order chi connectivity index (χ1) is 8.58. The van der Waals surface area contributed by atoms with E-state index in [1.54, 1.807) is 0 Å². The lowest BCUT2D eigenvalue weighted by atomic mass is 10.0. The molecule has 0 saturated carbocycles. The van der Waals surface area contributed by atoms with Crippen molar-refractivity contribution in [3.05, 3.63) is 34.2 Å². The van der Waals surface area contributed by atoms with E-state index in [1.807, 2.05) is 22.9 Å². The van der Waals surface area contributed by atoms with Crippen molar-refractivity contribution < 1.29 is 0 Å². The molecule has 100 valence electrons. The molecule has 0 atom stereocenters. The van der Waals surface area contributed by atoms with Gasteiger partial charge in [-0.25, -0.2) is 0 Å². The zero-order valence-electron chi connectivity index (χ0n) is 11.7. The molecule has 0 bridgehead atoms. The van der Waals surface area contributed by atoms with Crippen molar-refractivity contribution in [3.63, 3.8) is 0 Å². The number of piperidine rings is 1. The van der Waals surface area contributed by atoms with Crippen LogP contribution in [-0.4, -0.2) is 29.6 Å². The number of hydrogen-bond donors (Lipinski definition) is 0. The van der Waals surface area contributed by atoms with Gasteiger partial charge in [-0.15, -0.1) is 0 Å². The van der Waals surface area contributed by atoms with Gasteiger partial charge in [-0.1, -0.05) is 19.9 Å². The van der Waals surface area contributed by atoms with Gasteiger partial charge in [-0.05, 0) is 51.4 Å². The Morgan fingerprint density at radius 1 is 1.33 bits per heavy atom. The number of likely N-dealkylation sites (tertiary alicyclic amines) is 1. The second kappa shape index (κ2) is 5.70. The predicted octanol–water partition coefficient (Wildman–Crippen LogP) is 2.31. The molecule has 1 aliphatic rings. The number of nitrogens with zero attached hydrogens (tertiary/aromatic N) is 2.